The Balaban J connectivity index is 1.51. The zero-order chi connectivity index (χ0) is 30.5. The first-order chi connectivity index (χ1) is 19.8. The minimum atomic E-state index is -4.75. The van der Waals surface area contributed by atoms with Crippen molar-refractivity contribution in [3.63, 3.8) is 0 Å². The number of carbonyl (C=O) groups excluding carboxylic acids is 1. The van der Waals surface area contributed by atoms with Crippen LogP contribution in [0.25, 0.3) is 11.3 Å². The summed E-state index contributed by atoms with van der Waals surface area (Å²) in [4.78, 5) is 27.9. The van der Waals surface area contributed by atoms with E-state index in [0.717, 1.165) is 31.2 Å². The Kier molecular flexibility index (Phi) is 9.81. The number of amides is 1. The Morgan fingerprint density at radius 3 is 2.24 bits per heavy atom. The molecule has 1 unspecified atom stereocenters. The summed E-state index contributed by atoms with van der Waals surface area (Å²) in [5.74, 6) is -0.607. The molecule has 226 valence electrons. The third-order valence-electron chi connectivity index (χ3n) is 7.79. The van der Waals surface area contributed by atoms with Gasteiger partial charge in [-0.2, -0.15) is 0 Å². The van der Waals surface area contributed by atoms with Gasteiger partial charge in [0.05, 0.1) is 18.2 Å². The number of halogens is 3. The lowest BCUT2D eigenvalue weighted by Gasteiger charge is -2.39. The maximum Gasteiger partial charge on any atom is 0.573 e. The second kappa shape index (κ2) is 13.1. The first-order valence-corrected chi connectivity index (χ1v) is 14.8. The summed E-state index contributed by atoms with van der Waals surface area (Å²) in [5.41, 5.74) is 3.03. The molecular formula is C31H36F3N3O4S. The van der Waals surface area contributed by atoms with E-state index < -0.39 is 12.3 Å². The van der Waals surface area contributed by atoms with Crippen LogP contribution >= 0.6 is 11.3 Å². The normalized spacial score (nSPS) is 18.2. The number of ether oxygens (including phenoxy) is 1. The molecule has 3 aromatic rings. The number of hydrogen-bond acceptors (Lipinski definition) is 6. The average molecular weight is 604 g/mol. The van der Waals surface area contributed by atoms with Crippen LogP contribution in [0.15, 0.2) is 53.9 Å². The number of carboxylic acid groups (broad SMARTS) is 1. The van der Waals surface area contributed by atoms with Gasteiger partial charge in [0.15, 0.2) is 5.13 Å². The number of thiazole rings is 1. The second-order valence-electron chi connectivity index (χ2n) is 11.7. The quantitative estimate of drug-likeness (QED) is 0.218. The highest BCUT2D eigenvalue weighted by Gasteiger charge is 2.34. The highest BCUT2D eigenvalue weighted by molar-refractivity contribution is 7.14. The van der Waals surface area contributed by atoms with Crippen molar-refractivity contribution in [1.82, 2.24) is 10.3 Å². The van der Waals surface area contributed by atoms with Crippen molar-refractivity contribution < 1.29 is 32.6 Å². The fraction of sp³-hybridized carbons (Fsp3) is 0.452. The van der Waals surface area contributed by atoms with Crippen LogP contribution in [0.1, 0.15) is 74.8 Å². The lowest BCUT2D eigenvalue weighted by Crippen LogP contribution is -2.30. The molecule has 0 aliphatic heterocycles. The van der Waals surface area contributed by atoms with E-state index in [-0.39, 0.29) is 36.1 Å². The number of hydrogen-bond donors (Lipinski definition) is 3. The summed E-state index contributed by atoms with van der Waals surface area (Å²) < 4.78 is 41.5. The number of nitrogens with one attached hydrogen (secondary N) is 2. The monoisotopic (exact) mass is 603 g/mol. The van der Waals surface area contributed by atoms with E-state index in [1.807, 2.05) is 17.5 Å². The minimum absolute atomic E-state index is 0.0571. The second-order valence-corrected chi connectivity index (χ2v) is 12.6. The van der Waals surface area contributed by atoms with Crippen LogP contribution in [0.3, 0.4) is 0 Å². The van der Waals surface area contributed by atoms with Crippen LogP contribution in [-0.4, -0.2) is 34.9 Å². The molecule has 0 saturated heterocycles. The fourth-order valence-corrected chi connectivity index (χ4v) is 6.21. The number of nitrogens with zero attached hydrogens (tertiary/aromatic N) is 1. The number of carbonyl (C=O) groups is 2. The minimum Gasteiger partial charge on any atom is -0.481 e. The van der Waals surface area contributed by atoms with Gasteiger partial charge in [0, 0.05) is 23.1 Å². The summed E-state index contributed by atoms with van der Waals surface area (Å²) in [6.07, 6.45) is -0.583. The van der Waals surface area contributed by atoms with Gasteiger partial charge in [0.25, 0.3) is 5.91 Å². The van der Waals surface area contributed by atoms with Crippen LogP contribution in [0.2, 0.25) is 0 Å². The van der Waals surface area contributed by atoms with Crippen molar-refractivity contribution in [2.45, 2.75) is 65.3 Å². The Bertz CT molecular complexity index is 1340. The zero-order valence-electron chi connectivity index (χ0n) is 23.8. The molecule has 0 bridgehead atoms. The third kappa shape index (κ3) is 8.70. The largest absolute Gasteiger partial charge is 0.573 e. The predicted octanol–water partition coefficient (Wildman–Crippen LogP) is 7.92. The molecule has 1 aliphatic carbocycles. The first kappa shape index (κ1) is 31.3. The number of aliphatic carboxylic acids is 1. The molecule has 1 amide bonds. The van der Waals surface area contributed by atoms with Gasteiger partial charge in [-0.1, -0.05) is 32.9 Å². The molecule has 1 fully saturated rings. The summed E-state index contributed by atoms with van der Waals surface area (Å²) in [6.45, 7) is 6.91. The lowest BCUT2D eigenvalue weighted by molar-refractivity contribution is -0.274. The van der Waals surface area contributed by atoms with E-state index in [9.17, 15) is 22.8 Å². The maximum absolute atomic E-state index is 12.5. The van der Waals surface area contributed by atoms with Crippen LogP contribution in [-0.2, 0) is 4.79 Å². The van der Waals surface area contributed by atoms with Gasteiger partial charge in [0.1, 0.15) is 5.75 Å². The van der Waals surface area contributed by atoms with Gasteiger partial charge in [-0.25, -0.2) is 4.98 Å². The molecule has 1 saturated carbocycles. The highest BCUT2D eigenvalue weighted by Crippen LogP contribution is 2.45. The van der Waals surface area contributed by atoms with Gasteiger partial charge in [-0.05, 0) is 84.9 Å². The van der Waals surface area contributed by atoms with Crippen LogP contribution in [0.5, 0.6) is 5.75 Å². The maximum atomic E-state index is 12.5. The lowest BCUT2D eigenvalue weighted by atomic mass is 9.68. The summed E-state index contributed by atoms with van der Waals surface area (Å²) in [5, 5.41) is 17.6. The molecule has 11 heteroatoms. The average Bonchev–Trinajstić information content (AvgIpc) is 3.39. The van der Waals surface area contributed by atoms with Crippen LogP contribution < -0.4 is 15.4 Å². The molecule has 0 spiro atoms. The Hall–Kier alpha value is -3.60. The van der Waals surface area contributed by atoms with Crippen molar-refractivity contribution in [2.24, 2.45) is 17.3 Å². The molecular weight excluding hydrogens is 567 g/mol. The number of anilines is 1. The van der Waals surface area contributed by atoms with Gasteiger partial charge in [-0.3, -0.25) is 9.59 Å². The first-order valence-electron chi connectivity index (χ1n) is 14.0. The Morgan fingerprint density at radius 1 is 1.02 bits per heavy atom. The third-order valence-corrected chi connectivity index (χ3v) is 8.56. The Labute approximate surface area is 247 Å². The summed E-state index contributed by atoms with van der Waals surface area (Å²) >= 11 is 1.42. The molecule has 7 nitrogen and oxygen atoms in total. The van der Waals surface area contributed by atoms with Gasteiger partial charge in [0.2, 0.25) is 0 Å². The molecule has 42 heavy (non-hydrogen) atoms. The highest BCUT2D eigenvalue weighted by atomic mass is 32.1. The van der Waals surface area contributed by atoms with Crippen molar-refractivity contribution in [2.75, 3.05) is 11.9 Å². The number of rotatable bonds is 10. The predicted molar refractivity (Wildman–Crippen MR) is 157 cm³/mol. The molecule has 0 radical (unpaired) electrons. The molecule has 1 heterocycles. The molecule has 2 aromatic carbocycles. The van der Waals surface area contributed by atoms with Crippen molar-refractivity contribution in [1.29, 1.82) is 0 Å². The van der Waals surface area contributed by atoms with Crippen LogP contribution in [0.4, 0.5) is 18.3 Å². The number of carboxylic acids is 1. The molecule has 4 rings (SSSR count). The van der Waals surface area contributed by atoms with Gasteiger partial charge >= 0.3 is 12.3 Å². The fourth-order valence-electron chi connectivity index (χ4n) is 5.45. The van der Waals surface area contributed by atoms with E-state index in [1.165, 1.54) is 23.5 Å². The number of alkyl halides is 3. The Morgan fingerprint density at radius 2 is 1.67 bits per heavy atom. The number of aromatic nitrogens is 1. The van der Waals surface area contributed by atoms with E-state index >= 15 is 0 Å². The van der Waals surface area contributed by atoms with E-state index in [1.54, 1.807) is 24.3 Å². The topological polar surface area (TPSA) is 101 Å². The SMILES string of the molecule is CC(C)(C)C1CCC(C(Nc2nc(-c3ccc(OC(F)(F)F)cc3)cs2)c2ccc(C(=O)NCCC(=O)O)cc2)CC1. The van der Waals surface area contributed by atoms with E-state index in [2.05, 4.69) is 36.1 Å². The van der Waals surface area contributed by atoms with Gasteiger partial charge in [-0.15, -0.1) is 24.5 Å². The van der Waals surface area contributed by atoms with E-state index in [0.29, 0.717) is 33.8 Å². The number of benzene rings is 2. The molecule has 1 aromatic heterocycles. The zero-order valence-corrected chi connectivity index (χ0v) is 24.6. The smallest absolute Gasteiger partial charge is 0.481 e. The standard InChI is InChI=1S/C31H36F3N3O4S/c1-30(2,3)23-12-8-21(9-13-23)27(20-4-6-22(7-5-20)28(40)35-17-16-26(38)39)37-29-36-25(18-42-29)19-10-14-24(15-11-19)41-31(32,33)34/h4-7,10-11,14-15,18,21,23,27H,8-9,12-13,16-17H2,1-3H3,(H,35,40)(H,36,37)(H,38,39). The molecule has 1 atom stereocenters. The summed E-state index contributed by atoms with van der Waals surface area (Å²) in [7, 11) is 0. The summed E-state index contributed by atoms with van der Waals surface area (Å²) in [6, 6.07) is 12.9. The van der Waals surface area contributed by atoms with Crippen molar-refractivity contribution in [3.8, 4) is 17.0 Å². The molecule has 3 N–H and O–H groups in total. The molecule has 1 aliphatic rings. The van der Waals surface area contributed by atoms with Crippen molar-refractivity contribution in [3.05, 3.63) is 65.0 Å². The van der Waals surface area contributed by atoms with E-state index in [4.69, 9.17) is 10.1 Å². The van der Waals surface area contributed by atoms with Crippen LogP contribution in [0, 0.1) is 17.3 Å². The van der Waals surface area contributed by atoms with Crippen molar-refractivity contribution >= 4 is 28.3 Å². The van der Waals surface area contributed by atoms with Gasteiger partial charge < -0.3 is 20.5 Å².